The summed E-state index contributed by atoms with van der Waals surface area (Å²) in [5.74, 6) is -0.0924. The average molecular weight is 285 g/mol. The quantitative estimate of drug-likeness (QED) is 0.848. The van der Waals surface area contributed by atoms with Gasteiger partial charge in [0.25, 0.3) is 5.91 Å². The van der Waals surface area contributed by atoms with E-state index in [2.05, 4.69) is 17.2 Å². The van der Waals surface area contributed by atoms with Gasteiger partial charge in [-0.2, -0.15) is 0 Å². The van der Waals surface area contributed by atoms with Crippen LogP contribution in [0.2, 0.25) is 0 Å². The fraction of sp³-hybridized carbons (Fsp3) is 0.375. The van der Waals surface area contributed by atoms with Crippen LogP contribution in [0.25, 0.3) is 11.2 Å². The maximum atomic E-state index is 12.3. The SMILES string of the molecule is CCCCNC(=O)C1=C(O)CCc2c1nc1ccccn21. The van der Waals surface area contributed by atoms with E-state index in [4.69, 9.17) is 0 Å². The maximum Gasteiger partial charge on any atom is 0.256 e. The predicted molar refractivity (Wildman–Crippen MR) is 81.0 cm³/mol. The summed E-state index contributed by atoms with van der Waals surface area (Å²) < 4.78 is 1.99. The zero-order valence-corrected chi connectivity index (χ0v) is 12.1. The van der Waals surface area contributed by atoms with Gasteiger partial charge in [0.2, 0.25) is 0 Å². The zero-order valence-electron chi connectivity index (χ0n) is 12.1. The van der Waals surface area contributed by atoms with Gasteiger partial charge in [-0.25, -0.2) is 4.98 Å². The molecule has 110 valence electrons. The number of aliphatic hydroxyl groups is 1. The second-order valence-electron chi connectivity index (χ2n) is 5.27. The summed E-state index contributed by atoms with van der Waals surface area (Å²) in [5.41, 5.74) is 2.73. The largest absolute Gasteiger partial charge is 0.511 e. The molecule has 0 atom stereocenters. The molecule has 0 unspecified atom stereocenters. The number of fused-ring (bicyclic) bond motifs is 3. The number of nitrogens with one attached hydrogen (secondary N) is 1. The molecule has 5 heteroatoms. The first-order valence-electron chi connectivity index (χ1n) is 7.39. The molecule has 0 spiro atoms. The lowest BCUT2D eigenvalue weighted by Gasteiger charge is -2.16. The first-order valence-corrected chi connectivity index (χ1v) is 7.39. The molecule has 2 aromatic heterocycles. The van der Waals surface area contributed by atoms with E-state index in [9.17, 15) is 9.90 Å². The molecule has 2 aromatic rings. The van der Waals surface area contributed by atoms with Gasteiger partial charge in [0.1, 0.15) is 22.7 Å². The molecule has 3 rings (SSSR count). The molecule has 5 nitrogen and oxygen atoms in total. The number of nitrogens with zero attached hydrogens (tertiary/aromatic N) is 2. The monoisotopic (exact) mass is 285 g/mol. The Labute approximate surface area is 123 Å². The molecule has 2 heterocycles. The van der Waals surface area contributed by atoms with Crippen LogP contribution in [0.3, 0.4) is 0 Å². The minimum absolute atomic E-state index is 0.139. The van der Waals surface area contributed by atoms with Gasteiger partial charge in [0.15, 0.2) is 0 Å². The number of hydrogen-bond acceptors (Lipinski definition) is 3. The summed E-state index contributed by atoms with van der Waals surface area (Å²) >= 11 is 0. The van der Waals surface area contributed by atoms with Crippen LogP contribution in [0.5, 0.6) is 0 Å². The molecule has 0 aliphatic heterocycles. The molecule has 1 amide bonds. The van der Waals surface area contributed by atoms with E-state index < -0.39 is 0 Å². The lowest BCUT2D eigenvalue weighted by atomic mass is 9.97. The lowest BCUT2D eigenvalue weighted by molar-refractivity contribution is -0.115. The van der Waals surface area contributed by atoms with Gasteiger partial charge in [-0.1, -0.05) is 19.4 Å². The van der Waals surface area contributed by atoms with Crippen molar-refractivity contribution < 1.29 is 9.90 Å². The highest BCUT2D eigenvalue weighted by atomic mass is 16.3. The molecule has 1 aliphatic rings. The van der Waals surface area contributed by atoms with Crippen molar-refractivity contribution in [1.29, 1.82) is 0 Å². The summed E-state index contributed by atoms with van der Waals surface area (Å²) in [6.45, 7) is 2.69. The third kappa shape index (κ3) is 2.39. The highest BCUT2D eigenvalue weighted by molar-refractivity contribution is 6.20. The number of carbonyl (C=O) groups is 1. The fourth-order valence-electron chi connectivity index (χ4n) is 2.69. The highest BCUT2D eigenvalue weighted by Gasteiger charge is 2.28. The van der Waals surface area contributed by atoms with Crippen LogP contribution in [0.15, 0.2) is 30.2 Å². The minimum atomic E-state index is -0.231. The van der Waals surface area contributed by atoms with Gasteiger partial charge in [0, 0.05) is 19.2 Å². The number of allylic oxidation sites excluding steroid dienone is 1. The summed E-state index contributed by atoms with van der Waals surface area (Å²) in [7, 11) is 0. The van der Waals surface area contributed by atoms with Crippen molar-refractivity contribution in [3.63, 3.8) is 0 Å². The Kier molecular flexibility index (Phi) is 3.64. The summed E-state index contributed by atoms with van der Waals surface area (Å²) in [6, 6.07) is 5.76. The number of unbranched alkanes of at least 4 members (excludes halogenated alkanes) is 1. The van der Waals surface area contributed by atoms with Crippen molar-refractivity contribution in [3.8, 4) is 0 Å². The Hall–Kier alpha value is -2.30. The number of rotatable bonds is 4. The molecule has 0 aromatic carbocycles. The van der Waals surface area contributed by atoms with Crippen molar-refractivity contribution in [2.45, 2.75) is 32.6 Å². The Morgan fingerprint density at radius 2 is 2.29 bits per heavy atom. The molecule has 2 N–H and O–H groups in total. The predicted octanol–water partition coefficient (Wildman–Crippen LogP) is 2.47. The highest BCUT2D eigenvalue weighted by Crippen LogP contribution is 2.30. The Morgan fingerprint density at radius 3 is 3.10 bits per heavy atom. The number of aliphatic hydroxyl groups excluding tert-OH is 1. The van der Waals surface area contributed by atoms with Crippen molar-refractivity contribution in [2.24, 2.45) is 0 Å². The number of carbonyl (C=O) groups excluding carboxylic acids is 1. The standard InChI is InChI=1S/C16H19N3O2/c1-2-3-9-17-16(21)14-12(20)8-7-11-15(14)18-13-6-4-5-10-19(11)13/h4-6,10,20H,2-3,7-9H2,1H3,(H,17,21). The van der Waals surface area contributed by atoms with Crippen LogP contribution in [-0.4, -0.2) is 26.9 Å². The van der Waals surface area contributed by atoms with Crippen LogP contribution < -0.4 is 5.32 Å². The third-order valence-electron chi connectivity index (χ3n) is 3.80. The lowest BCUT2D eigenvalue weighted by Crippen LogP contribution is -2.28. The molecular weight excluding hydrogens is 266 g/mol. The van der Waals surface area contributed by atoms with Crippen molar-refractivity contribution >= 4 is 17.1 Å². The molecular formula is C16H19N3O2. The molecule has 0 radical (unpaired) electrons. The Balaban J connectivity index is 1.99. The number of aromatic nitrogens is 2. The summed E-state index contributed by atoms with van der Waals surface area (Å²) in [5, 5.41) is 13.0. The second kappa shape index (κ2) is 5.60. The first kappa shape index (κ1) is 13.7. The third-order valence-corrected chi connectivity index (χ3v) is 3.80. The normalized spacial score (nSPS) is 14.3. The van der Waals surface area contributed by atoms with Crippen molar-refractivity contribution in [1.82, 2.24) is 14.7 Å². The summed E-state index contributed by atoms with van der Waals surface area (Å²) in [4.78, 5) is 16.9. The molecule has 1 aliphatic carbocycles. The van der Waals surface area contributed by atoms with E-state index >= 15 is 0 Å². The van der Waals surface area contributed by atoms with Crippen LogP contribution in [0.1, 0.15) is 37.6 Å². The molecule has 21 heavy (non-hydrogen) atoms. The van der Waals surface area contributed by atoms with Crippen LogP contribution >= 0.6 is 0 Å². The van der Waals surface area contributed by atoms with Gasteiger partial charge in [-0.15, -0.1) is 0 Å². The first-order chi connectivity index (χ1) is 10.2. The van der Waals surface area contributed by atoms with Crippen LogP contribution in [0, 0.1) is 0 Å². The summed E-state index contributed by atoms with van der Waals surface area (Å²) in [6.07, 6.45) is 5.06. The Morgan fingerprint density at radius 1 is 1.43 bits per heavy atom. The van der Waals surface area contributed by atoms with Crippen LogP contribution in [0.4, 0.5) is 0 Å². The number of pyridine rings is 1. The van der Waals surface area contributed by atoms with Gasteiger partial charge in [-0.05, 0) is 25.0 Å². The fourth-order valence-corrected chi connectivity index (χ4v) is 2.69. The van der Waals surface area contributed by atoms with E-state index in [1.165, 1.54) is 0 Å². The average Bonchev–Trinajstić information content (AvgIpc) is 2.85. The molecule has 0 saturated heterocycles. The van der Waals surface area contributed by atoms with Gasteiger partial charge >= 0.3 is 0 Å². The van der Waals surface area contributed by atoms with Gasteiger partial charge in [-0.3, -0.25) is 4.79 Å². The minimum Gasteiger partial charge on any atom is -0.511 e. The Bertz CT molecular complexity index is 715. The maximum absolute atomic E-state index is 12.3. The van der Waals surface area contributed by atoms with E-state index in [-0.39, 0.29) is 11.7 Å². The smallest absolute Gasteiger partial charge is 0.256 e. The molecule has 0 bridgehead atoms. The van der Waals surface area contributed by atoms with Crippen LogP contribution in [-0.2, 0) is 11.2 Å². The van der Waals surface area contributed by atoms with E-state index in [1.807, 2.05) is 28.8 Å². The van der Waals surface area contributed by atoms with Gasteiger partial charge < -0.3 is 14.8 Å². The number of hydrogen-bond donors (Lipinski definition) is 2. The number of aryl methyl sites for hydroxylation is 1. The number of imidazole rings is 1. The second-order valence-corrected chi connectivity index (χ2v) is 5.27. The van der Waals surface area contributed by atoms with E-state index in [0.717, 1.165) is 24.2 Å². The van der Waals surface area contributed by atoms with Crippen molar-refractivity contribution in [3.05, 3.63) is 41.5 Å². The molecule has 0 saturated carbocycles. The topological polar surface area (TPSA) is 66.6 Å². The van der Waals surface area contributed by atoms with Gasteiger partial charge in [0.05, 0.1) is 5.69 Å². The van der Waals surface area contributed by atoms with E-state index in [0.29, 0.717) is 30.7 Å². The zero-order chi connectivity index (χ0) is 14.8. The van der Waals surface area contributed by atoms with E-state index in [1.54, 1.807) is 0 Å². The number of amides is 1. The molecule has 0 fully saturated rings. The van der Waals surface area contributed by atoms with Crippen molar-refractivity contribution in [2.75, 3.05) is 6.54 Å².